The van der Waals surface area contributed by atoms with E-state index in [2.05, 4.69) is 5.32 Å². The maximum absolute atomic E-state index is 12.7. The van der Waals surface area contributed by atoms with Crippen molar-refractivity contribution < 1.29 is 18.0 Å². The van der Waals surface area contributed by atoms with Crippen molar-refractivity contribution >= 4 is 21.8 Å². The molecule has 3 N–H and O–H groups in total. The molecule has 122 valence electrons. The van der Waals surface area contributed by atoms with Gasteiger partial charge in [0, 0.05) is 39.3 Å². The molecule has 8 nitrogen and oxygen atoms in total. The van der Waals surface area contributed by atoms with Crippen LogP contribution < -0.4 is 11.1 Å². The van der Waals surface area contributed by atoms with E-state index in [0.29, 0.717) is 13.0 Å². The quantitative estimate of drug-likeness (QED) is 0.769. The standard InChI is InChI=1S/C13H20N4O4S/c1-9(18)15-10-4-3-5-17(7-10)22(20,21)11-6-12(13(14)19)16(2)8-11/h6,8,10H,3-5,7H2,1-2H3,(H2,14,19)(H,15,18). The van der Waals surface area contributed by atoms with Crippen LogP contribution in [0, 0.1) is 0 Å². The molecule has 2 rings (SSSR count). The van der Waals surface area contributed by atoms with Gasteiger partial charge in [-0.3, -0.25) is 9.59 Å². The molecule has 1 aliphatic rings. The normalized spacial score (nSPS) is 19.8. The van der Waals surface area contributed by atoms with Crippen LogP contribution in [0.25, 0.3) is 0 Å². The van der Waals surface area contributed by atoms with Crippen LogP contribution >= 0.6 is 0 Å². The second kappa shape index (κ2) is 6.09. The Kier molecular flexibility index (Phi) is 4.57. The number of carbonyl (C=O) groups excluding carboxylic acids is 2. The van der Waals surface area contributed by atoms with E-state index >= 15 is 0 Å². The van der Waals surface area contributed by atoms with Crippen molar-refractivity contribution in [1.82, 2.24) is 14.2 Å². The number of hydrogen-bond donors (Lipinski definition) is 2. The lowest BCUT2D eigenvalue weighted by molar-refractivity contribution is -0.119. The minimum atomic E-state index is -3.71. The summed E-state index contributed by atoms with van der Waals surface area (Å²) in [7, 11) is -2.15. The fourth-order valence-corrected chi connectivity index (χ4v) is 4.23. The summed E-state index contributed by atoms with van der Waals surface area (Å²) in [4.78, 5) is 22.4. The van der Waals surface area contributed by atoms with Gasteiger partial charge in [0.05, 0.1) is 0 Å². The molecule has 0 bridgehead atoms. The number of primary amides is 1. The second-order valence-electron chi connectivity index (χ2n) is 5.44. The predicted octanol–water partition coefficient (Wildman–Crippen LogP) is -0.587. The number of piperidine rings is 1. The average Bonchev–Trinajstić information content (AvgIpc) is 2.81. The monoisotopic (exact) mass is 328 g/mol. The lowest BCUT2D eigenvalue weighted by atomic mass is 10.1. The number of sulfonamides is 1. The first-order chi connectivity index (χ1) is 10.2. The SMILES string of the molecule is CC(=O)NC1CCCN(S(=O)(=O)c2cc(C(N)=O)n(C)c2)C1. The van der Waals surface area contributed by atoms with Gasteiger partial charge < -0.3 is 15.6 Å². The third kappa shape index (κ3) is 3.30. The first-order valence-electron chi connectivity index (χ1n) is 6.95. The van der Waals surface area contributed by atoms with E-state index < -0.39 is 15.9 Å². The summed E-state index contributed by atoms with van der Waals surface area (Å²) >= 11 is 0. The van der Waals surface area contributed by atoms with Crippen LogP contribution in [-0.2, 0) is 21.9 Å². The van der Waals surface area contributed by atoms with E-state index in [1.807, 2.05) is 0 Å². The maximum atomic E-state index is 12.7. The molecule has 0 aromatic carbocycles. The Labute approximate surface area is 129 Å². The minimum Gasteiger partial charge on any atom is -0.364 e. The number of nitrogens with zero attached hydrogens (tertiary/aromatic N) is 2. The fourth-order valence-electron chi connectivity index (χ4n) is 2.64. The number of hydrogen-bond acceptors (Lipinski definition) is 4. The zero-order chi connectivity index (χ0) is 16.5. The summed E-state index contributed by atoms with van der Waals surface area (Å²) in [5.41, 5.74) is 5.34. The highest BCUT2D eigenvalue weighted by atomic mass is 32.2. The van der Waals surface area contributed by atoms with Crippen LogP contribution in [0.4, 0.5) is 0 Å². The molecule has 2 heterocycles. The van der Waals surface area contributed by atoms with Crippen LogP contribution in [0.1, 0.15) is 30.3 Å². The van der Waals surface area contributed by atoms with Crippen molar-refractivity contribution in [3.8, 4) is 0 Å². The smallest absolute Gasteiger partial charge is 0.265 e. The second-order valence-corrected chi connectivity index (χ2v) is 7.38. The first kappa shape index (κ1) is 16.5. The van der Waals surface area contributed by atoms with Crippen LogP contribution in [0.2, 0.25) is 0 Å². The lowest BCUT2D eigenvalue weighted by Gasteiger charge is -2.31. The van der Waals surface area contributed by atoms with Gasteiger partial charge in [-0.2, -0.15) is 4.31 Å². The molecule has 2 amide bonds. The molecule has 0 spiro atoms. The van der Waals surface area contributed by atoms with Crippen molar-refractivity contribution in [2.75, 3.05) is 13.1 Å². The van der Waals surface area contributed by atoms with Gasteiger partial charge in [-0.1, -0.05) is 0 Å². The summed E-state index contributed by atoms with van der Waals surface area (Å²) < 4.78 is 28.0. The van der Waals surface area contributed by atoms with Crippen LogP contribution in [0.15, 0.2) is 17.2 Å². The van der Waals surface area contributed by atoms with Gasteiger partial charge in [0.25, 0.3) is 5.91 Å². The molecular formula is C13H20N4O4S. The fraction of sp³-hybridized carbons (Fsp3) is 0.538. The Morgan fingerprint density at radius 1 is 1.41 bits per heavy atom. The van der Waals surface area contributed by atoms with Crippen molar-refractivity contribution in [3.63, 3.8) is 0 Å². The third-order valence-corrected chi connectivity index (χ3v) is 5.49. The van der Waals surface area contributed by atoms with Crippen molar-refractivity contribution in [2.24, 2.45) is 12.8 Å². The molecule has 0 saturated carbocycles. The average molecular weight is 328 g/mol. The Balaban J connectivity index is 2.24. The largest absolute Gasteiger partial charge is 0.364 e. The summed E-state index contributed by atoms with van der Waals surface area (Å²) in [6.07, 6.45) is 2.78. The van der Waals surface area contributed by atoms with Gasteiger partial charge in [-0.15, -0.1) is 0 Å². The van der Waals surface area contributed by atoms with E-state index in [1.54, 1.807) is 7.05 Å². The maximum Gasteiger partial charge on any atom is 0.265 e. The zero-order valence-electron chi connectivity index (χ0n) is 12.6. The molecule has 1 fully saturated rings. The summed E-state index contributed by atoms with van der Waals surface area (Å²) in [6, 6.07) is 1.08. The highest BCUT2D eigenvalue weighted by Gasteiger charge is 2.31. The predicted molar refractivity (Wildman–Crippen MR) is 79.5 cm³/mol. The Morgan fingerprint density at radius 3 is 2.64 bits per heavy atom. The minimum absolute atomic E-state index is 0.0345. The summed E-state index contributed by atoms with van der Waals surface area (Å²) in [5, 5.41) is 2.75. The molecule has 1 saturated heterocycles. The molecule has 0 radical (unpaired) electrons. The third-order valence-electron chi connectivity index (χ3n) is 3.66. The first-order valence-corrected chi connectivity index (χ1v) is 8.39. The molecule has 0 aliphatic carbocycles. The number of aromatic nitrogens is 1. The number of rotatable bonds is 4. The van der Waals surface area contributed by atoms with Crippen LogP contribution in [0.3, 0.4) is 0 Å². The Hall–Kier alpha value is -1.87. The van der Waals surface area contributed by atoms with Gasteiger partial charge in [-0.25, -0.2) is 8.42 Å². The summed E-state index contributed by atoms with van der Waals surface area (Å²) in [5.74, 6) is -0.862. The summed E-state index contributed by atoms with van der Waals surface area (Å²) in [6.45, 7) is 2.02. The molecule has 1 unspecified atom stereocenters. The van der Waals surface area contributed by atoms with Crippen molar-refractivity contribution in [3.05, 3.63) is 18.0 Å². The molecule has 9 heteroatoms. The highest BCUT2D eigenvalue weighted by Crippen LogP contribution is 2.22. The van der Waals surface area contributed by atoms with E-state index in [9.17, 15) is 18.0 Å². The van der Waals surface area contributed by atoms with Crippen molar-refractivity contribution in [1.29, 1.82) is 0 Å². The van der Waals surface area contributed by atoms with E-state index in [-0.39, 0.29) is 29.1 Å². The lowest BCUT2D eigenvalue weighted by Crippen LogP contribution is -2.49. The Bertz CT molecular complexity index is 695. The molecule has 22 heavy (non-hydrogen) atoms. The molecule has 1 aliphatic heterocycles. The highest BCUT2D eigenvalue weighted by molar-refractivity contribution is 7.89. The van der Waals surface area contributed by atoms with Crippen molar-refractivity contribution in [2.45, 2.75) is 30.7 Å². The van der Waals surface area contributed by atoms with E-state index in [1.165, 1.54) is 28.1 Å². The molecule has 1 aromatic heterocycles. The van der Waals surface area contributed by atoms with Gasteiger partial charge in [-0.05, 0) is 18.9 Å². The zero-order valence-corrected chi connectivity index (χ0v) is 13.4. The number of carbonyl (C=O) groups is 2. The van der Waals surface area contributed by atoms with Gasteiger partial charge in [0.1, 0.15) is 10.6 Å². The van der Waals surface area contributed by atoms with Gasteiger partial charge >= 0.3 is 0 Å². The molecule has 1 atom stereocenters. The van der Waals surface area contributed by atoms with Gasteiger partial charge in [0.15, 0.2) is 0 Å². The Morgan fingerprint density at radius 2 is 2.09 bits per heavy atom. The van der Waals surface area contributed by atoms with Crippen LogP contribution in [0.5, 0.6) is 0 Å². The number of amides is 2. The number of nitrogens with two attached hydrogens (primary N) is 1. The topological polar surface area (TPSA) is 114 Å². The van der Waals surface area contributed by atoms with Gasteiger partial charge in [0.2, 0.25) is 15.9 Å². The number of aryl methyl sites for hydroxylation is 1. The van der Waals surface area contributed by atoms with E-state index in [0.717, 1.165) is 6.42 Å². The molecule has 1 aromatic rings. The molecular weight excluding hydrogens is 308 g/mol. The van der Waals surface area contributed by atoms with E-state index in [4.69, 9.17) is 5.73 Å². The number of nitrogens with one attached hydrogen (secondary N) is 1. The van der Waals surface area contributed by atoms with Crippen LogP contribution in [-0.4, -0.2) is 48.2 Å².